The van der Waals surface area contributed by atoms with Crippen LogP contribution in [-0.2, 0) is 0 Å². The highest BCUT2D eigenvalue weighted by atomic mass is 15.3. The van der Waals surface area contributed by atoms with E-state index < -0.39 is 0 Å². The molecule has 3 heteroatoms. The van der Waals surface area contributed by atoms with Crippen LogP contribution in [0.2, 0.25) is 0 Å². The third-order valence-electron chi connectivity index (χ3n) is 2.95. The van der Waals surface area contributed by atoms with Crippen molar-refractivity contribution in [3.8, 4) is 0 Å². The molecule has 1 unspecified atom stereocenters. The third-order valence-corrected chi connectivity index (χ3v) is 2.95. The lowest BCUT2D eigenvalue weighted by molar-refractivity contribution is 0.197. The molecule has 1 aliphatic rings. The summed E-state index contributed by atoms with van der Waals surface area (Å²) in [5.74, 6) is 0. The highest BCUT2D eigenvalue weighted by molar-refractivity contribution is 4.81. The van der Waals surface area contributed by atoms with Gasteiger partial charge >= 0.3 is 0 Å². The van der Waals surface area contributed by atoms with Crippen LogP contribution in [-0.4, -0.2) is 34.3 Å². The summed E-state index contributed by atoms with van der Waals surface area (Å²) >= 11 is 0. The third kappa shape index (κ3) is 2.35. The van der Waals surface area contributed by atoms with E-state index in [1.165, 1.54) is 32.4 Å². The summed E-state index contributed by atoms with van der Waals surface area (Å²) in [4.78, 5) is 2.55. The normalized spacial score (nSPS) is 20.9. The van der Waals surface area contributed by atoms with Gasteiger partial charge in [-0.1, -0.05) is 6.42 Å². The number of hydrogen-bond donors (Lipinski definition) is 0. The Morgan fingerprint density at radius 2 is 2.07 bits per heavy atom. The summed E-state index contributed by atoms with van der Waals surface area (Å²) in [5.41, 5.74) is 0. The van der Waals surface area contributed by atoms with Crippen molar-refractivity contribution in [1.82, 2.24) is 14.7 Å². The van der Waals surface area contributed by atoms with Gasteiger partial charge in [-0.25, -0.2) is 0 Å². The topological polar surface area (TPSA) is 21.1 Å². The fourth-order valence-electron chi connectivity index (χ4n) is 2.14. The van der Waals surface area contributed by atoms with Crippen molar-refractivity contribution in [3.63, 3.8) is 0 Å². The quantitative estimate of drug-likeness (QED) is 0.731. The molecule has 0 aliphatic carbocycles. The Hall–Kier alpha value is -0.830. The van der Waals surface area contributed by atoms with Gasteiger partial charge in [0.25, 0.3) is 0 Å². The zero-order valence-electron chi connectivity index (χ0n) is 8.89. The number of hydrogen-bond acceptors (Lipinski definition) is 2. The summed E-state index contributed by atoms with van der Waals surface area (Å²) in [6.45, 7) is 5.92. The van der Waals surface area contributed by atoms with Crippen LogP contribution in [0.1, 0.15) is 32.2 Å². The first kappa shape index (κ1) is 9.71. The Morgan fingerprint density at radius 1 is 1.29 bits per heavy atom. The maximum Gasteiger partial charge on any atom is 0.0617 e. The Kier molecular flexibility index (Phi) is 3.19. The second-order valence-electron chi connectivity index (χ2n) is 4.20. The fourth-order valence-corrected chi connectivity index (χ4v) is 2.14. The number of piperidine rings is 1. The molecule has 1 fully saturated rings. The summed E-state index contributed by atoms with van der Waals surface area (Å²) in [5, 5.41) is 4.27. The first-order valence-corrected chi connectivity index (χ1v) is 5.58. The van der Waals surface area contributed by atoms with E-state index >= 15 is 0 Å². The van der Waals surface area contributed by atoms with E-state index in [1.807, 2.05) is 12.3 Å². The molecule has 1 aliphatic heterocycles. The molecule has 1 saturated heterocycles. The van der Waals surface area contributed by atoms with Crippen molar-refractivity contribution in [2.45, 2.75) is 32.2 Å². The summed E-state index contributed by atoms with van der Waals surface area (Å²) in [6.07, 6.45) is 8.05. The highest BCUT2D eigenvalue weighted by Crippen LogP contribution is 2.12. The molecule has 1 atom stereocenters. The molecule has 0 amide bonds. The molecule has 14 heavy (non-hydrogen) atoms. The maximum absolute atomic E-state index is 4.27. The molecule has 1 aromatic rings. The molecule has 3 nitrogen and oxygen atoms in total. The molecule has 2 rings (SSSR count). The smallest absolute Gasteiger partial charge is 0.0617 e. The van der Waals surface area contributed by atoms with Gasteiger partial charge in [-0.3, -0.25) is 4.68 Å². The van der Waals surface area contributed by atoms with Crippen molar-refractivity contribution >= 4 is 0 Å². The lowest BCUT2D eigenvalue weighted by atomic mass is 10.1. The van der Waals surface area contributed by atoms with Gasteiger partial charge in [0.05, 0.1) is 6.04 Å². The van der Waals surface area contributed by atoms with Crippen LogP contribution in [0.4, 0.5) is 0 Å². The van der Waals surface area contributed by atoms with Crippen molar-refractivity contribution in [2.75, 3.05) is 19.6 Å². The highest BCUT2D eigenvalue weighted by Gasteiger charge is 2.13. The molecule has 0 radical (unpaired) electrons. The summed E-state index contributed by atoms with van der Waals surface area (Å²) in [6, 6.07) is 2.50. The average Bonchev–Trinajstić information content (AvgIpc) is 2.72. The SMILES string of the molecule is CC(CN1CCCCC1)n1cccn1. The number of rotatable bonds is 3. The van der Waals surface area contributed by atoms with Gasteiger partial charge in [-0.2, -0.15) is 5.10 Å². The van der Waals surface area contributed by atoms with Crippen molar-refractivity contribution in [2.24, 2.45) is 0 Å². The molecule has 0 bridgehead atoms. The van der Waals surface area contributed by atoms with E-state index in [1.54, 1.807) is 0 Å². The van der Waals surface area contributed by atoms with Crippen molar-refractivity contribution < 1.29 is 0 Å². The molecule has 0 spiro atoms. The first-order chi connectivity index (χ1) is 6.86. The number of aromatic nitrogens is 2. The van der Waals surface area contributed by atoms with E-state index in [-0.39, 0.29) is 0 Å². The molecular formula is C11H19N3. The van der Waals surface area contributed by atoms with Crippen LogP contribution in [0.25, 0.3) is 0 Å². The van der Waals surface area contributed by atoms with E-state index in [4.69, 9.17) is 0 Å². The van der Waals surface area contributed by atoms with Gasteiger partial charge in [0.15, 0.2) is 0 Å². The standard InChI is InChI=1S/C11H19N3/c1-11(14-9-5-6-12-14)10-13-7-3-2-4-8-13/h5-6,9,11H,2-4,7-8,10H2,1H3. The minimum absolute atomic E-state index is 0.503. The molecule has 0 saturated carbocycles. The van der Waals surface area contributed by atoms with Crippen molar-refractivity contribution in [3.05, 3.63) is 18.5 Å². The molecule has 2 heterocycles. The molecular weight excluding hydrogens is 174 g/mol. The predicted octanol–water partition coefficient (Wildman–Crippen LogP) is 1.93. The number of nitrogens with zero attached hydrogens (tertiary/aromatic N) is 3. The largest absolute Gasteiger partial charge is 0.301 e. The first-order valence-electron chi connectivity index (χ1n) is 5.58. The average molecular weight is 193 g/mol. The minimum Gasteiger partial charge on any atom is -0.301 e. The lowest BCUT2D eigenvalue weighted by Crippen LogP contribution is -2.34. The summed E-state index contributed by atoms with van der Waals surface area (Å²) in [7, 11) is 0. The Morgan fingerprint density at radius 3 is 2.71 bits per heavy atom. The van der Waals surface area contributed by atoms with Gasteiger partial charge in [-0.05, 0) is 38.9 Å². The monoisotopic (exact) mass is 193 g/mol. The predicted molar refractivity (Wildman–Crippen MR) is 57.2 cm³/mol. The van der Waals surface area contributed by atoms with Crippen molar-refractivity contribution in [1.29, 1.82) is 0 Å². The van der Waals surface area contributed by atoms with Crippen LogP contribution in [0, 0.1) is 0 Å². The van der Waals surface area contributed by atoms with Gasteiger partial charge in [-0.15, -0.1) is 0 Å². The maximum atomic E-state index is 4.27. The van der Waals surface area contributed by atoms with Crippen LogP contribution >= 0.6 is 0 Å². The fraction of sp³-hybridized carbons (Fsp3) is 0.727. The van der Waals surface area contributed by atoms with Gasteiger partial charge < -0.3 is 4.90 Å². The Bertz CT molecular complexity index is 250. The van der Waals surface area contributed by atoms with Crippen LogP contribution in [0.3, 0.4) is 0 Å². The minimum atomic E-state index is 0.503. The van der Waals surface area contributed by atoms with E-state index in [2.05, 4.69) is 27.8 Å². The number of likely N-dealkylation sites (tertiary alicyclic amines) is 1. The second kappa shape index (κ2) is 4.60. The molecule has 78 valence electrons. The molecule has 0 N–H and O–H groups in total. The van der Waals surface area contributed by atoms with Crippen LogP contribution in [0.5, 0.6) is 0 Å². The van der Waals surface area contributed by atoms with E-state index in [0.29, 0.717) is 6.04 Å². The zero-order valence-corrected chi connectivity index (χ0v) is 8.89. The van der Waals surface area contributed by atoms with Gasteiger partial charge in [0, 0.05) is 18.9 Å². The van der Waals surface area contributed by atoms with E-state index in [0.717, 1.165) is 6.54 Å². The Balaban J connectivity index is 1.84. The summed E-state index contributed by atoms with van der Waals surface area (Å²) < 4.78 is 2.05. The molecule has 1 aromatic heterocycles. The van der Waals surface area contributed by atoms with Gasteiger partial charge in [0.2, 0.25) is 0 Å². The second-order valence-corrected chi connectivity index (χ2v) is 4.20. The Labute approximate surface area is 85.7 Å². The van der Waals surface area contributed by atoms with E-state index in [9.17, 15) is 0 Å². The zero-order chi connectivity index (χ0) is 9.80. The van der Waals surface area contributed by atoms with Crippen LogP contribution < -0.4 is 0 Å². The lowest BCUT2D eigenvalue weighted by Gasteiger charge is -2.29. The molecule has 0 aromatic carbocycles. The van der Waals surface area contributed by atoms with Gasteiger partial charge in [0.1, 0.15) is 0 Å². The van der Waals surface area contributed by atoms with Crippen LogP contribution in [0.15, 0.2) is 18.5 Å².